The van der Waals surface area contributed by atoms with Crippen LogP contribution in [0, 0.1) is 0 Å². The van der Waals surface area contributed by atoms with E-state index in [0.717, 1.165) is 4.31 Å². The zero-order valence-corrected chi connectivity index (χ0v) is 13.9. The zero-order chi connectivity index (χ0) is 16.0. The number of carbonyl (C=O) groups excluding carboxylic acids is 1. The highest BCUT2D eigenvalue weighted by Gasteiger charge is 2.51. The molecule has 1 aliphatic rings. The van der Waals surface area contributed by atoms with Crippen molar-refractivity contribution in [3.05, 3.63) is 28.2 Å². The van der Waals surface area contributed by atoms with E-state index in [1.165, 1.54) is 19.1 Å². The normalized spacial score (nSPS) is 20.7. The van der Waals surface area contributed by atoms with Crippen molar-refractivity contribution in [2.75, 3.05) is 6.61 Å². The summed E-state index contributed by atoms with van der Waals surface area (Å²) in [5.41, 5.74) is 0.238. The number of hydrogen-bond acceptors (Lipinski definition) is 4. The lowest BCUT2D eigenvalue weighted by Crippen LogP contribution is -2.52. The van der Waals surface area contributed by atoms with Crippen molar-refractivity contribution < 1.29 is 17.9 Å². The molecule has 108 valence electrons. The Balaban J connectivity index is 2.58. The minimum Gasteiger partial charge on any atom is -0.465 e. The molecule has 0 unspecified atom stereocenters. The van der Waals surface area contributed by atoms with E-state index in [-0.39, 0.29) is 17.1 Å². The van der Waals surface area contributed by atoms with Gasteiger partial charge in [0, 0.05) is 4.47 Å². The summed E-state index contributed by atoms with van der Waals surface area (Å²) in [6, 6.07) is 3.45. The third kappa shape index (κ3) is 2.55. The number of ether oxygens (including phenoxy) is 1. The molecule has 1 heterocycles. The van der Waals surface area contributed by atoms with Crippen LogP contribution >= 0.6 is 15.9 Å². The molecule has 0 spiro atoms. The van der Waals surface area contributed by atoms with E-state index in [9.17, 15) is 13.2 Å². The third-order valence-electron chi connectivity index (χ3n) is 3.26. The van der Waals surface area contributed by atoms with E-state index < -0.39 is 27.4 Å². The van der Waals surface area contributed by atoms with Crippen molar-refractivity contribution in [3.63, 3.8) is 0 Å². The highest BCUT2D eigenvalue weighted by atomic mass is 79.9. The molecule has 21 heavy (non-hydrogen) atoms. The highest BCUT2D eigenvalue weighted by molar-refractivity contribution is 9.10. The minimum absolute atomic E-state index is 0.0157. The van der Waals surface area contributed by atoms with Crippen molar-refractivity contribution in [2.24, 2.45) is 0 Å². The Morgan fingerprint density at radius 3 is 2.67 bits per heavy atom. The number of esters is 1. The fourth-order valence-corrected chi connectivity index (χ4v) is 4.86. The number of sulfonamides is 1. The standard InChI is InChI=1S/C12H12B2BrNO4S/c1-3-20-11(17)7(2)16-12(13,14)9-5-4-8(15)6-10(9)21(16,18)19/h4-7H,3H2,1-2H3/t7-/m1/s1. The molecule has 9 heteroatoms. The Morgan fingerprint density at radius 1 is 1.48 bits per heavy atom. The van der Waals surface area contributed by atoms with Gasteiger partial charge in [-0.1, -0.05) is 22.0 Å². The van der Waals surface area contributed by atoms with Gasteiger partial charge in [0.2, 0.25) is 10.0 Å². The van der Waals surface area contributed by atoms with Crippen LogP contribution in [0.1, 0.15) is 19.4 Å². The van der Waals surface area contributed by atoms with Gasteiger partial charge in [0.05, 0.1) is 27.2 Å². The van der Waals surface area contributed by atoms with Gasteiger partial charge in [-0.2, -0.15) is 4.31 Å². The average molecular weight is 368 g/mol. The molecule has 1 aromatic rings. The molecule has 2 rings (SSSR count). The van der Waals surface area contributed by atoms with Crippen LogP contribution in [-0.4, -0.2) is 47.0 Å². The first-order valence-electron chi connectivity index (χ1n) is 6.23. The minimum atomic E-state index is -3.99. The van der Waals surface area contributed by atoms with Gasteiger partial charge in [0.1, 0.15) is 6.04 Å². The summed E-state index contributed by atoms with van der Waals surface area (Å²) in [6.45, 7) is 3.16. The molecule has 0 bridgehead atoms. The van der Waals surface area contributed by atoms with Crippen LogP contribution in [0.5, 0.6) is 0 Å². The van der Waals surface area contributed by atoms with Crippen molar-refractivity contribution in [1.82, 2.24) is 4.31 Å². The maximum Gasteiger partial charge on any atom is 0.324 e. The summed E-state index contributed by atoms with van der Waals surface area (Å²) in [5.74, 6) is -0.701. The van der Waals surface area contributed by atoms with Gasteiger partial charge in [0.25, 0.3) is 0 Å². The summed E-state index contributed by atoms with van der Waals surface area (Å²) >= 11 is 3.21. The molecule has 0 saturated carbocycles. The molecule has 0 fully saturated rings. The fourth-order valence-electron chi connectivity index (χ4n) is 2.35. The number of hydrogen-bond donors (Lipinski definition) is 0. The van der Waals surface area contributed by atoms with E-state index >= 15 is 0 Å². The van der Waals surface area contributed by atoms with Gasteiger partial charge in [-0.3, -0.25) is 4.79 Å². The van der Waals surface area contributed by atoms with Crippen LogP contribution in [0.2, 0.25) is 0 Å². The first-order valence-corrected chi connectivity index (χ1v) is 8.46. The Kier molecular flexibility index (Phi) is 4.30. The van der Waals surface area contributed by atoms with Crippen molar-refractivity contribution in [3.8, 4) is 0 Å². The molecule has 1 aliphatic heterocycles. The highest BCUT2D eigenvalue weighted by Crippen LogP contribution is 2.42. The van der Waals surface area contributed by atoms with Gasteiger partial charge in [0.15, 0.2) is 0 Å². The molecule has 1 aromatic carbocycles. The lowest BCUT2D eigenvalue weighted by atomic mass is 9.58. The molecule has 0 N–H and O–H groups in total. The van der Waals surface area contributed by atoms with E-state index in [1.807, 2.05) is 0 Å². The van der Waals surface area contributed by atoms with Crippen LogP contribution in [-0.2, 0) is 24.9 Å². The molecule has 0 saturated heterocycles. The first kappa shape index (κ1) is 16.6. The number of rotatable bonds is 3. The van der Waals surface area contributed by atoms with Crippen molar-refractivity contribution in [1.29, 1.82) is 0 Å². The number of fused-ring (bicyclic) bond motifs is 1. The summed E-state index contributed by atoms with van der Waals surface area (Å²) < 4.78 is 31.5. The summed E-state index contributed by atoms with van der Waals surface area (Å²) in [4.78, 5) is 11.9. The molecule has 0 aromatic heterocycles. The van der Waals surface area contributed by atoms with Crippen molar-refractivity contribution in [2.45, 2.75) is 30.1 Å². The second kappa shape index (κ2) is 5.44. The van der Waals surface area contributed by atoms with Crippen LogP contribution in [0.4, 0.5) is 0 Å². The number of benzene rings is 1. The molecular weight excluding hydrogens is 356 g/mol. The quantitative estimate of drug-likeness (QED) is 0.587. The van der Waals surface area contributed by atoms with E-state index in [0.29, 0.717) is 4.47 Å². The third-order valence-corrected chi connectivity index (χ3v) is 5.78. The van der Waals surface area contributed by atoms with Gasteiger partial charge in [-0.25, -0.2) is 8.42 Å². The molecular formula is C12H12B2BrNO4S. The summed E-state index contributed by atoms with van der Waals surface area (Å²) in [7, 11) is 8.00. The second-order valence-corrected chi connectivity index (χ2v) is 7.39. The zero-order valence-electron chi connectivity index (χ0n) is 11.5. The topological polar surface area (TPSA) is 63.7 Å². The predicted molar refractivity (Wildman–Crippen MR) is 82.4 cm³/mol. The lowest BCUT2D eigenvalue weighted by molar-refractivity contribution is -0.147. The van der Waals surface area contributed by atoms with Gasteiger partial charge in [-0.05, 0) is 36.9 Å². The molecule has 5 nitrogen and oxygen atoms in total. The van der Waals surface area contributed by atoms with Crippen LogP contribution in [0.3, 0.4) is 0 Å². The number of halogens is 1. The Labute approximate surface area is 135 Å². The first-order chi connectivity index (χ1) is 9.64. The van der Waals surface area contributed by atoms with Crippen LogP contribution in [0.25, 0.3) is 0 Å². The van der Waals surface area contributed by atoms with Gasteiger partial charge in [-0.15, -0.1) is 0 Å². The van der Waals surface area contributed by atoms with E-state index in [2.05, 4.69) is 15.9 Å². The number of carbonyl (C=O) groups is 1. The average Bonchev–Trinajstić information content (AvgIpc) is 2.52. The van der Waals surface area contributed by atoms with E-state index in [4.69, 9.17) is 20.4 Å². The monoisotopic (exact) mass is 367 g/mol. The maximum atomic E-state index is 12.6. The Morgan fingerprint density at radius 2 is 2.10 bits per heavy atom. The summed E-state index contributed by atoms with van der Waals surface area (Å²) in [5, 5.41) is -1.80. The fraction of sp³-hybridized carbons (Fsp3) is 0.417. The SMILES string of the molecule is [B]C1([B])c2ccc(Br)cc2S(=O)(=O)N1[C@H](C)C(=O)OCC. The van der Waals surface area contributed by atoms with Crippen LogP contribution < -0.4 is 0 Å². The predicted octanol–water partition coefficient (Wildman–Crippen LogP) is 0.852. The lowest BCUT2D eigenvalue weighted by Gasteiger charge is -2.35. The largest absolute Gasteiger partial charge is 0.465 e. The molecule has 4 radical (unpaired) electrons. The van der Waals surface area contributed by atoms with Crippen LogP contribution in [0.15, 0.2) is 27.6 Å². The molecule has 1 atom stereocenters. The molecule has 0 aliphatic carbocycles. The molecule has 0 amide bonds. The second-order valence-electron chi connectivity index (χ2n) is 4.69. The van der Waals surface area contributed by atoms with Gasteiger partial charge < -0.3 is 4.74 Å². The van der Waals surface area contributed by atoms with Gasteiger partial charge >= 0.3 is 5.97 Å². The Hall–Kier alpha value is -0.790. The number of nitrogens with zero attached hydrogens (tertiary/aromatic N) is 1. The maximum absolute atomic E-state index is 12.6. The Bertz CT molecular complexity index is 692. The van der Waals surface area contributed by atoms with E-state index in [1.54, 1.807) is 13.0 Å². The smallest absolute Gasteiger partial charge is 0.324 e. The van der Waals surface area contributed by atoms with Crippen molar-refractivity contribution >= 4 is 47.6 Å². The summed E-state index contributed by atoms with van der Waals surface area (Å²) in [6.07, 6.45) is 0.